The highest BCUT2D eigenvalue weighted by Crippen LogP contribution is 2.27. The van der Waals surface area contributed by atoms with E-state index in [0.717, 1.165) is 0 Å². The summed E-state index contributed by atoms with van der Waals surface area (Å²) in [6, 6.07) is 0.921. The van der Waals surface area contributed by atoms with Crippen LogP contribution in [0.4, 0.5) is 0 Å². The topological polar surface area (TPSA) is 46.9 Å². The van der Waals surface area contributed by atoms with Crippen molar-refractivity contribution in [3.63, 3.8) is 0 Å². The fourth-order valence-electron chi connectivity index (χ4n) is 3.58. The van der Waals surface area contributed by atoms with Crippen molar-refractivity contribution in [3.05, 3.63) is 0 Å². The van der Waals surface area contributed by atoms with Crippen molar-refractivity contribution in [3.8, 4) is 0 Å². The molecule has 0 aromatic carbocycles. The second kappa shape index (κ2) is 6.73. The Morgan fingerprint density at radius 2 is 1.10 bits per heavy atom. The lowest BCUT2D eigenvalue weighted by Crippen LogP contribution is -2.55. The Morgan fingerprint density at radius 3 is 1.35 bits per heavy atom. The molecule has 0 aliphatic heterocycles. The molecule has 0 aromatic heterocycles. The summed E-state index contributed by atoms with van der Waals surface area (Å²) >= 11 is 0. The molecule has 1 fully saturated rings. The first-order chi connectivity index (χ1) is 8.99. The molecule has 0 aromatic rings. The van der Waals surface area contributed by atoms with E-state index in [0.29, 0.717) is 25.2 Å². The van der Waals surface area contributed by atoms with Gasteiger partial charge in [0, 0.05) is 25.2 Å². The van der Waals surface area contributed by atoms with Crippen LogP contribution in [0.3, 0.4) is 0 Å². The van der Waals surface area contributed by atoms with Gasteiger partial charge >= 0.3 is 0 Å². The molecule has 1 rings (SSSR count). The van der Waals surface area contributed by atoms with E-state index in [1.807, 2.05) is 27.7 Å². The van der Waals surface area contributed by atoms with Crippen molar-refractivity contribution in [1.82, 2.24) is 9.80 Å². The predicted molar refractivity (Wildman–Crippen MR) is 83.9 cm³/mol. The van der Waals surface area contributed by atoms with Crippen LogP contribution in [0.5, 0.6) is 0 Å². The van der Waals surface area contributed by atoms with E-state index < -0.39 is 11.2 Å². The first kappa shape index (κ1) is 17.9. The third-order valence-electron chi connectivity index (χ3n) is 4.10. The molecule has 0 amide bonds. The standard InChI is InChI=1S/C16H34N2O2/c1-15(2,19)11-17(5)13-9-7-8-10-14(13)18(6)12-16(3,4)20/h13-14,19-20H,7-12H2,1-6H3/t13-,14-/m0/s1. The molecule has 120 valence electrons. The lowest BCUT2D eigenvalue weighted by molar-refractivity contribution is -0.0190. The van der Waals surface area contributed by atoms with Gasteiger partial charge in [-0.2, -0.15) is 0 Å². The third kappa shape index (κ3) is 6.08. The highest BCUT2D eigenvalue weighted by Gasteiger charge is 2.34. The van der Waals surface area contributed by atoms with Gasteiger partial charge in [-0.05, 0) is 54.6 Å². The smallest absolute Gasteiger partial charge is 0.0718 e. The Kier molecular flexibility index (Phi) is 6.02. The average molecular weight is 286 g/mol. The molecule has 0 heterocycles. The molecule has 2 N–H and O–H groups in total. The van der Waals surface area contributed by atoms with Crippen molar-refractivity contribution in [1.29, 1.82) is 0 Å². The van der Waals surface area contributed by atoms with E-state index in [4.69, 9.17) is 0 Å². The number of rotatable bonds is 6. The van der Waals surface area contributed by atoms with Gasteiger partial charge in [0.15, 0.2) is 0 Å². The van der Waals surface area contributed by atoms with E-state index in [-0.39, 0.29) is 0 Å². The number of hydrogen-bond acceptors (Lipinski definition) is 4. The maximum Gasteiger partial charge on any atom is 0.0718 e. The predicted octanol–water partition coefficient (Wildman–Crippen LogP) is 1.70. The molecular weight excluding hydrogens is 252 g/mol. The minimum absolute atomic E-state index is 0.461. The van der Waals surface area contributed by atoms with Crippen LogP contribution in [-0.4, -0.2) is 70.5 Å². The zero-order valence-electron chi connectivity index (χ0n) is 14.2. The van der Waals surface area contributed by atoms with Gasteiger partial charge in [-0.15, -0.1) is 0 Å². The molecule has 20 heavy (non-hydrogen) atoms. The summed E-state index contributed by atoms with van der Waals surface area (Å²) in [5.41, 5.74) is -1.32. The molecule has 2 atom stereocenters. The number of aliphatic hydroxyl groups is 2. The normalized spacial score (nSPS) is 25.5. The van der Waals surface area contributed by atoms with Crippen molar-refractivity contribution in [2.45, 2.75) is 76.7 Å². The van der Waals surface area contributed by atoms with Crippen molar-refractivity contribution < 1.29 is 10.2 Å². The largest absolute Gasteiger partial charge is 0.389 e. The lowest BCUT2D eigenvalue weighted by Gasteiger charge is -2.45. The molecule has 1 aliphatic rings. The van der Waals surface area contributed by atoms with Gasteiger partial charge in [0.25, 0.3) is 0 Å². The molecule has 1 aliphatic carbocycles. The first-order valence-electron chi connectivity index (χ1n) is 7.85. The molecule has 4 heteroatoms. The molecule has 0 bridgehead atoms. The molecule has 4 nitrogen and oxygen atoms in total. The molecule has 0 saturated heterocycles. The van der Waals surface area contributed by atoms with Gasteiger partial charge < -0.3 is 10.2 Å². The van der Waals surface area contributed by atoms with Gasteiger partial charge in [-0.1, -0.05) is 12.8 Å². The number of hydrogen-bond donors (Lipinski definition) is 2. The summed E-state index contributed by atoms with van der Waals surface area (Å²) in [5.74, 6) is 0. The number of likely N-dealkylation sites (N-methyl/N-ethyl adjacent to an activating group) is 2. The summed E-state index contributed by atoms with van der Waals surface area (Å²) in [6.07, 6.45) is 4.86. The number of nitrogens with zero attached hydrogens (tertiary/aromatic N) is 2. The maximum atomic E-state index is 10.0. The highest BCUT2D eigenvalue weighted by atomic mass is 16.3. The van der Waals surface area contributed by atoms with Crippen molar-refractivity contribution in [2.75, 3.05) is 27.2 Å². The van der Waals surface area contributed by atoms with Crippen molar-refractivity contribution in [2.24, 2.45) is 0 Å². The van der Waals surface area contributed by atoms with Crippen LogP contribution in [0.25, 0.3) is 0 Å². The fourth-order valence-corrected chi connectivity index (χ4v) is 3.58. The molecule has 1 saturated carbocycles. The monoisotopic (exact) mass is 286 g/mol. The third-order valence-corrected chi connectivity index (χ3v) is 4.10. The molecule has 0 radical (unpaired) electrons. The summed E-state index contributed by atoms with van der Waals surface area (Å²) in [6.45, 7) is 8.82. The van der Waals surface area contributed by atoms with E-state index in [1.54, 1.807) is 0 Å². The van der Waals surface area contributed by atoms with E-state index in [1.165, 1.54) is 25.7 Å². The van der Waals surface area contributed by atoms with Crippen LogP contribution in [0.2, 0.25) is 0 Å². The summed E-state index contributed by atoms with van der Waals surface area (Å²) in [5, 5.41) is 20.1. The van der Waals surface area contributed by atoms with Crippen LogP contribution < -0.4 is 0 Å². The summed E-state index contributed by atoms with van der Waals surface area (Å²) in [7, 11) is 4.22. The Morgan fingerprint density at radius 1 is 0.800 bits per heavy atom. The van der Waals surface area contributed by atoms with E-state index in [2.05, 4.69) is 23.9 Å². The van der Waals surface area contributed by atoms with E-state index in [9.17, 15) is 10.2 Å². The fraction of sp³-hybridized carbons (Fsp3) is 1.00. The van der Waals surface area contributed by atoms with Crippen LogP contribution in [0, 0.1) is 0 Å². The van der Waals surface area contributed by atoms with Gasteiger partial charge in [0.1, 0.15) is 0 Å². The minimum atomic E-state index is -0.661. The maximum absolute atomic E-state index is 10.0. The molecule has 0 unspecified atom stereocenters. The van der Waals surface area contributed by atoms with Crippen LogP contribution >= 0.6 is 0 Å². The molecular formula is C16H34N2O2. The zero-order chi connectivity index (χ0) is 15.6. The summed E-state index contributed by atoms with van der Waals surface area (Å²) in [4.78, 5) is 4.59. The van der Waals surface area contributed by atoms with Gasteiger partial charge in [-0.25, -0.2) is 0 Å². The van der Waals surface area contributed by atoms with Gasteiger partial charge in [0.05, 0.1) is 11.2 Å². The van der Waals surface area contributed by atoms with Crippen LogP contribution in [-0.2, 0) is 0 Å². The Hall–Kier alpha value is -0.160. The van der Waals surface area contributed by atoms with Crippen LogP contribution in [0.1, 0.15) is 53.4 Å². The zero-order valence-corrected chi connectivity index (χ0v) is 14.2. The van der Waals surface area contributed by atoms with Crippen molar-refractivity contribution >= 4 is 0 Å². The SMILES string of the molecule is CN(CC(C)(C)O)[C@H]1CCCC[C@@H]1N(C)CC(C)(C)O. The Bertz CT molecular complexity index is 264. The minimum Gasteiger partial charge on any atom is -0.389 e. The summed E-state index contributed by atoms with van der Waals surface area (Å²) < 4.78 is 0. The van der Waals surface area contributed by atoms with Gasteiger partial charge in [-0.3, -0.25) is 9.80 Å². The van der Waals surface area contributed by atoms with E-state index >= 15 is 0 Å². The quantitative estimate of drug-likeness (QED) is 0.780. The average Bonchev–Trinajstić information content (AvgIpc) is 2.24. The second-order valence-corrected chi connectivity index (χ2v) is 7.87. The van der Waals surface area contributed by atoms with Gasteiger partial charge in [0.2, 0.25) is 0 Å². The highest BCUT2D eigenvalue weighted by molar-refractivity contribution is 4.91. The van der Waals surface area contributed by atoms with Crippen LogP contribution in [0.15, 0.2) is 0 Å². The second-order valence-electron chi connectivity index (χ2n) is 7.87. The Labute approximate surface area is 124 Å². The lowest BCUT2D eigenvalue weighted by atomic mass is 9.87. The molecule has 0 spiro atoms. The Balaban J connectivity index is 2.71. The first-order valence-corrected chi connectivity index (χ1v) is 7.85.